The first-order valence-corrected chi connectivity index (χ1v) is 28.0. The standard InChI is InChI=1S/C40H44N12O18S6/c1-5-51(6-2)39-48-36(45-37(49-39)43-29-22-28(74(56,57)58)16-17-31(29)72-69-66-54)42-26-14-12-24(34(20-26)76(62,63)64)10-9-23-11-13-25(19-32(23)73-70-67-55)41-35-46-38(50-40(47-35)52(7-3)8-4)44-30-21-27(71-68-65-53)15-18-33(30)75(59,60)61/h9-22,53-55H,5-8H2,1-4H3,(H,56,57,58)(H,59,60,61)(H,62,63,64)(H2,41,44,46,47,50)(H2,42,43,45,48,49)/b10-9+. The van der Waals surface area contributed by atoms with Crippen LogP contribution in [0.15, 0.2) is 102 Å². The average molecular weight is 1170 g/mol. The van der Waals surface area contributed by atoms with Gasteiger partial charge in [-0.3, -0.25) is 13.7 Å². The monoisotopic (exact) mass is 1170 g/mol. The third kappa shape index (κ3) is 16.2. The lowest BCUT2D eigenvalue weighted by molar-refractivity contribution is -0.432. The zero-order valence-electron chi connectivity index (χ0n) is 39.5. The van der Waals surface area contributed by atoms with Crippen molar-refractivity contribution in [1.29, 1.82) is 0 Å². The molecule has 30 nitrogen and oxygen atoms in total. The summed E-state index contributed by atoms with van der Waals surface area (Å²) in [5.41, 5.74) is 0.528. The van der Waals surface area contributed by atoms with Crippen LogP contribution < -0.4 is 31.1 Å². The largest absolute Gasteiger partial charge is 0.341 e. The van der Waals surface area contributed by atoms with Crippen LogP contribution in [0.5, 0.6) is 0 Å². The number of aromatic nitrogens is 6. The molecule has 36 heteroatoms. The highest BCUT2D eigenvalue weighted by atomic mass is 32.2. The first-order valence-electron chi connectivity index (χ1n) is 21.4. The Kier molecular flexibility index (Phi) is 20.8. The van der Waals surface area contributed by atoms with Crippen molar-refractivity contribution in [1.82, 2.24) is 29.9 Å². The highest BCUT2D eigenvalue weighted by molar-refractivity contribution is 7.95. The van der Waals surface area contributed by atoms with Gasteiger partial charge in [-0.2, -0.15) is 55.2 Å². The number of hydrogen-bond donors (Lipinski definition) is 10. The third-order valence-corrected chi connectivity index (χ3v) is 14.6. The van der Waals surface area contributed by atoms with Crippen LogP contribution in [0.2, 0.25) is 0 Å². The number of hydrogen-bond acceptors (Lipinski definition) is 30. The van der Waals surface area contributed by atoms with Gasteiger partial charge in [-0.05, 0) is 99.5 Å². The molecule has 0 spiro atoms. The molecule has 0 aliphatic rings. The van der Waals surface area contributed by atoms with Gasteiger partial charge in [0.2, 0.25) is 35.7 Å². The van der Waals surface area contributed by atoms with E-state index in [1.54, 1.807) is 21.9 Å². The van der Waals surface area contributed by atoms with E-state index in [2.05, 4.69) is 75.0 Å². The second-order valence-corrected chi connectivity index (χ2v) is 21.1. The minimum absolute atomic E-state index is 0.00475. The van der Waals surface area contributed by atoms with Crippen LogP contribution in [0.4, 0.5) is 58.4 Å². The Bertz CT molecular complexity index is 3380. The Hall–Kier alpha value is -6.14. The summed E-state index contributed by atoms with van der Waals surface area (Å²) in [7, 11) is -14.4. The van der Waals surface area contributed by atoms with Crippen LogP contribution >= 0.6 is 36.1 Å². The van der Waals surface area contributed by atoms with E-state index < -0.39 is 45.0 Å². The first kappa shape index (κ1) is 59.1. The summed E-state index contributed by atoms with van der Waals surface area (Å²) in [6.45, 7) is 9.08. The topological polar surface area (TPSA) is 411 Å². The molecule has 4 aromatic carbocycles. The molecule has 0 aliphatic carbocycles. The molecule has 0 saturated heterocycles. The Morgan fingerprint density at radius 1 is 0.487 bits per heavy atom. The van der Waals surface area contributed by atoms with E-state index in [-0.39, 0.29) is 73.0 Å². The summed E-state index contributed by atoms with van der Waals surface area (Å²) in [6.07, 6.45) is 2.83. The van der Waals surface area contributed by atoms with Gasteiger partial charge in [0.15, 0.2) is 0 Å². The number of nitrogens with one attached hydrogen (secondary N) is 4. The van der Waals surface area contributed by atoms with Gasteiger partial charge >= 0.3 is 0 Å². The lowest BCUT2D eigenvalue weighted by Gasteiger charge is -2.20. The van der Waals surface area contributed by atoms with Crippen LogP contribution in [0.3, 0.4) is 0 Å². The maximum atomic E-state index is 12.9. The summed E-state index contributed by atoms with van der Waals surface area (Å²) in [6, 6.07) is 15.5. The fraction of sp³-hybridized carbons (Fsp3) is 0.200. The second kappa shape index (κ2) is 26.8. The molecular weight excluding hydrogens is 1130 g/mol. The Morgan fingerprint density at radius 2 is 0.961 bits per heavy atom. The smallest absolute Gasteiger partial charge is 0.296 e. The fourth-order valence-corrected chi connectivity index (χ4v) is 9.79. The maximum Gasteiger partial charge on any atom is 0.296 e. The summed E-state index contributed by atoms with van der Waals surface area (Å²) in [4.78, 5) is 29.1. The quantitative estimate of drug-likeness (QED) is 0.00732. The van der Waals surface area contributed by atoms with Crippen molar-refractivity contribution >= 4 is 137 Å². The zero-order valence-corrected chi connectivity index (χ0v) is 44.4. The minimum Gasteiger partial charge on any atom is -0.341 e. The molecule has 2 aromatic heterocycles. The highest BCUT2D eigenvalue weighted by Crippen LogP contribution is 2.35. The van der Waals surface area contributed by atoms with Crippen molar-refractivity contribution in [2.75, 3.05) is 57.2 Å². The van der Waals surface area contributed by atoms with Crippen LogP contribution in [-0.4, -0.2) is 111 Å². The fourth-order valence-electron chi connectivity index (χ4n) is 6.60. The van der Waals surface area contributed by atoms with E-state index in [1.165, 1.54) is 48.6 Å². The second-order valence-electron chi connectivity index (χ2n) is 14.7. The predicted molar refractivity (Wildman–Crippen MR) is 276 cm³/mol. The Balaban J connectivity index is 1.32. The summed E-state index contributed by atoms with van der Waals surface area (Å²) in [5, 5.41) is 49.1. The SMILES string of the molecule is CCN(CC)c1nc(Nc2ccc(/C=C/c3ccc(Nc4nc(Nc5cc(SOOO)ccc5S(=O)(=O)O)nc(N(CC)CC)n4)cc3SOOO)c(S(=O)(=O)O)c2)nc(Nc2cc(S(=O)(=O)O)ccc2SOOO)n1. The van der Waals surface area contributed by atoms with Gasteiger partial charge in [-0.1, -0.05) is 39.4 Å². The van der Waals surface area contributed by atoms with E-state index >= 15 is 0 Å². The molecule has 0 radical (unpaired) electrons. The zero-order chi connectivity index (χ0) is 55.2. The van der Waals surface area contributed by atoms with Crippen molar-refractivity contribution in [2.45, 2.75) is 57.1 Å². The van der Waals surface area contributed by atoms with Crippen molar-refractivity contribution in [3.05, 3.63) is 83.9 Å². The summed E-state index contributed by atoms with van der Waals surface area (Å²) < 4.78 is 118. The molecule has 0 unspecified atom stereocenters. The van der Waals surface area contributed by atoms with Crippen LogP contribution in [0, 0.1) is 0 Å². The molecule has 0 amide bonds. The van der Waals surface area contributed by atoms with Crippen LogP contribution in [0.1, 0.15) is 38.8 Å². The van der Waals surface area contributed by atoms with Gasteiger partial charge in [0, 0.05) is 47.3 Å². The molecule has 6 aromatic rings. The van der Waals surface area contributed by atoms with Crippen molar-refractivity contribution < 1.29 is 82.8 Å². The molecule has 0 bridgehead atoms. The number of nitrogens with zero attached hydrogens (tertiary/aromatic N) is 8. The van der Waals surface area contributed by atoms with Gasteiger partial charge in [0.1, 0.15) is 9.79 Å². The third-order valence-electron chi connectivity index (χ3n) is 10.0. The molecule has 76 heavy (non-hydrogen) atoms. The molecule has 6 rings (SSSR count). The normalized spacial score (nSPS) is 12.0. The number of rotatable bonds is 28. The van der Waals surface area contributed by atoms with E-state index in [0.717, 1.165) is 24.3 Å². The van der Waals surface area contributed by atoms with Crippen molar-refractivity contribution in [2.24, 2.45) is 0 Å². The Labute approximate surface area is 445 Å². The van der Waals surface area contributed by atoms with Crippen LogP contribution in [0.25, 0.3) is 12.2 Å². The van der Waals surface area contributed by atoms with Gasteiger partial charge in [0.25, 0.3) is 30.4 Å². The van der Waals surface area contributed by atoms with Crippen molar-refractivity contribution in [3.63, 3.8) is 0 Å². The first-order chi connectivity index (χ1) is 36.2. The van der Waals surface area contributed by atoms with Crippen molar-refractivity contribution in [3.8, 4) is 0 Å². The lowest BCUT2D eigenvalue weighted by Crippen LogP contribution is -2.25. The average Bonchev–Trinajstić information content (AvgIpc) is 3.37. The molecule has 2 heterocycles. The molecule has 0 atom stereocenters. The van der Waals surface area contributed by atoms with Crippen LogP contribution in [-0.2, 0) is 58.5 Å². The van der Waals surface area contributed by atoms with E-state index in [4.69, 9.17) is 20.1 Å². The molecule has 408 valence electrons. The lowest BCUT2D eigenvalue weighted by atomic mass is 10.1. The Morgan fingerprint density at radius 3 is 1.47 bits per heavy atom. The van der Waals surface area contributed by atoms with E-state index in [0.29, 0.717) is 73.6 Å². The van der Waals surface area contributed by atoms with Gasteiger partial charge in [0.05, 0.1) is 57.3 Å². The van der Waals surface area contributed by atoms with Gasteiger partial charge in [-0.15, -0.1) is 13.0 Å². The summed E-state index contributed by atoms with van der Waals surface area (Å²) in [5.74, 6) is -0.281. The molecule has 0 aliphatic heterocycles. The predicted octanol–water partition coefficient (Wildman–Crippen LogP) is 7.92. The molecule has 0 saturated carbocycles. The molecule has 10 N–H and O–H groups in total. The number of benzene rings is 4. The van der Waals surface area contributed by atoms with Gasteiger partial charge < -0.3 is 31.1 Å². The molecule has 0 fully saturated rings. The van der Waals surface area contributed by atoms with Gasteiger partial charge in [-0.25, -0.2) is 15.8 Å². The minimum atomic E-state index is -4.94. The number of anilines is 10. The maximum absolute atomic E-state index is 12.9. The molecular formula is C40H44N12O18S6. The highest BCUT2D eigenvalue weighted by Gasteiger charge is 2.22. The summed E-state index contributed by atoms with van der Waals surface area (Å²) >= 11 is 1.54. The van der Waals surface area contributed by atoms with E-state index in [1.807, 2.05) is 27.7 Å². The van der Waals surface area contributed by atoms with E-state index in [9.17, 15) is 38.9 Å².